The zero-order valence-corrected chi connectivity index (χ0v) is 18.6. The second-order valence-corrected chi connectivity index (χ2v) is 8.60. The van der Waals surface area contributed by atoms with Crippen LogP contribution in [0.1, 0.15) is 41.6 Å². The normalized spacial score (nSPS) is 19.1. The molecule has 1 unspecified atom stereocenters. The molecule has 6 nitrogen and oxygen atoms in total. The summed E-state index contributed by atoms with van der Waals surface area (Å²) in [4.78, 5) is 27.0. The Morgan fingerprint density at radius 2 is 1.79 bits per heavy atom. The number of amides is 2. The molecule has 182 valence electrons. The first-order valence-corrected chi connectivity index (χ1v) is 11.4. The first kappa shape index (κ1) is 24.1. The highest BCUT2D eigenvalue weighted by Gasteiger charge is 2.31. The quantitative estimate of drug-likeness (QED) is 0.653. The number of piperidine rings is 1. The number of alkyl halides is 3. The van der Waals surface area contributed by atoms with Gasteiger partial charge in [-0.25, -0.2) is 0 Å². The molecule has 4 rings (SSSR count). The molecule has 2 aliphatic heterocycles. The molecule has 34 heavy (non-hydrogen) atoms. The predicted octanol–water partition coefficient (Wildman–Crippen LogP) is 4.75. The molecule has 0 aromatic heterocycles. The lowest BCUT2D eigenvalue weighted by atomic mass is 9.95. The Kier molecular flexibility index (Phi) is 7.41. The second-order valence-electron chi connectivity index (χ2n) is 8.60. The second kappa shape index (κ2) is 10.5. The monoisotopic (exact) mass is 476 g/mol. The van der Waals surface area contributed by atoms with Gasteiger partial charge in [-0.05, 0) is 62.1 Å². The number of halogens is 3. The first-order chi connectivity index (χ1) is 16.3. The van der Waals surface area contributed by atoms with Crippen LogP contribution in [0.5, 0.6) is 5.75 Å². The van der Waals surface area contributed by atoms with Crippen LogP contribution in [0, 0.1) is 5.92 Å². The number of anilines is 1. The van der Waals surface area contributed by atoms with Gasteiger partial charge in [-0.2, -0.15) is 13.2 Å². The average molecular weight is 476 g/mol. The van der Waals surface area contributed by atoms with Crippen molar-refractivity contribution in [2.75, 3.05) is 31.6 Å². The Morgan fingerprint density at radius 1 is 1.06 bits per heavy atom. The maximum absolute atomic E-state index is 12.7. The SMILES string of the molecule is O=C(Nc1cccc(OCC2CCCO2)c1)C1CCN(C(=O)c2ccc(C(F)(F)F)cc2)CC1. The van der Waals surface area contributed by atoms with Crippen LogP contribution in [0.4, 0.5) is 18.9 Å². The molecular weight excluding hydrogens is 449 g/mol. The van der Waals surface area contributed by atoms with E-state index in [4.69, 9.17) is 9.47 Å². The van der Waals surface area contributed by atoms with Gasteiger partial charge in [0.2, 0.25) is 5.91 Å². The third-order valence-electron chi connectivity index (χ3n) is 6.17. The predicted molar refractivity (Wildman–Crippen MR) is 120 cm³/mol. The van der Waals surface area contributed by atoms with Gasteiger partial charge in [0, 0.05) is 42.9 Å². The molecule has 2 aromatic rings. The Balaban J connectivity index is 1.26. The van der Waals surface area contributed by atoms with E-state index in [2.05, 4.69) is 5.32 Å². The minimum absolute atomic E-state index is 0.105. The van der Waals surface area contributed by atoms with Gasteiger partial charge in [-0.1, -0.05) is 6.07 Å². The number of nitrogens with one attached hydrogen (secondary N) is 1. The maximum Gasteiger partial charge on any atom is 0.416 e. The average Bonchev–Trinajstić information content (AvgIpc) is 3.36. The summed E-state index contributed by atoms with van der Waals surface area (Å²) in [7, 11) is 0. The van der Waals surface area contributed by atoms with Gasteiger partial charge in [0.1, 0.15) is 12.4 Å². The summed E-state index contributed by atoms with van der Waals surface area (Å²) in [6.07, 6.45) is -1.35. The number of benzene rings is 2. The van der Waals surface area contributed by atoms with Crippen molar-refractivity contribution in [1.82, 2.24) is 4.90 Å². The molecule has 1 N–H and O–H groups in total. The summed E-state index contributed by atoms with van der Waals surface area (Å²) in [5, 5.41) is 2.92. The number of ether oxygens (including phenoxy) is 2. The van der Waals surface area contributed by atoms with Crippen LogP contribution < -0.4 is 10.1 Å². The smallest absolute Gasteiger partial charge is 0.416 e. The molecule has 9 heteroatoms. The van der Waals surface area contributed by atoms with Crippen LogP contribution in [-0.4, -0.2) is 49.1 Å². The molecule has 2 aromatic carbocycles. The molecule has 2 heterocycles. The van der Waals surface area contributed by atoms with Gasteiger partial charge < -0.3 is 19.7 Å². The fourth-order valence-corrected chi connectivity index (χ4v) is 4.20. The summed E-state index contributed by atoms with van der Waals surface area (Å²) >= 11 is 0. The summed E-state index contributed by atoms with van der Waals surface area (Å²) in [5.41, 5.74) is 0.0505. The molecule has 2 saturated heterocycles. The van der Waals surface area contributed by atoms with E-state index in [1.807, 2.05) is 12.1 Å². The van der Waals surface area contributed by atoms with Crippen molar-refractivity contribution in [3.05, 3.63) is 59.7 Å². The number of rotatable bonds is 6. The van der Waals surface area contributed by atoms with Crippen LogP contribution in [0.3, 0.4) is 0 Å². The first-order valence-electron chi connectivity index (χ1n) is 11.4. The van der Waals surface area contributed by atoms with Crippen molar-refractivity contribution >= 4 is 17.5 Å². The maximum atomic E-state index is 12.7. The van der Waals surface area contributed by atoms with Gasteiger partial charge in [0.15, 0.2) is 0 Å². The molecular formula is C25H27F3N2O4. The Labute approximate surface area is 196 Å². The topological polar surface area (TPSA) is 67.9 Å². The summed E-state index contributed by atoms with van der Waals surface area (Å²) in [5.74, 6) is -0.0556. The minimum atomic E-state index is -4.44. The number of carbonyl (C=O) groups is 2. The Bertz CT molecular complexity index is 996. The molecule has 2 aliphatic rings. The largest absolute Gasteiger partial charge is 0.491 e. The third kappa shape index (κ3) is 6.08. The number of hydrogen-bond donors (Lipinski definition) is 1. The zero-order valence-electron chi connectivity index (χ0n) is 18.6. The van der Waals surface area contributed by atoms with Crippen molar-refractivity contribution in [3.8, 4) is 5.75 Å². The standard InChI is InChI=1S/C25H27F3N2O4/c26-25(27,28)19-8-6-18(7-9-19)24(32)30-12-10-17(11-13-30)23(31)29-20-3-1-4-21(15-20)34-16-22-5-2-14-33-22/h1,3-4,6-9,15,17,22H,2,5,10-14,16H2,(H,29,31). The molecule has 0 aliphatic carbocycles. The lowest BCUT2D eigenvalue weighted by Crippen LogP contribution is -2.41. The molecule has 0 saturated carbocycles. The molecule has 2 fully saturated rings. The van der Waals surface area contributed by atoms with E-state index in [1.54, 1.807) is 17.0 Å². The minimum Gasteiger partial charge on any atom is -0.491 e. The molecule has 1 atom stereocenters. The van der Waals surface area contributed by atoms with E-state index in [0.29, 0.717) is 44.0 Å². The van der Waals surface area contributed by atoms with Crippen LogP contribution in [0.2, 0.25) is 0 Å². The third-order valence-corrected chi connectivity index (χ3v) is 6.17. The van der Waals surface area contributed by atoms with E-state index in [0.717, 1.165) is 31.6 Å². The summed E-state index contributed by atoms with van der Waals surface area (Å²) < 4.78 is 49.5. The fraction of sp³-hybridized carbons (Fsp3) is 0.440. The Hall–Kier alpha value is -3.07. The van der Waals surface area contributed by atoms with Crippen molar-refractivity contribution in [1.29, 1.82) is 0 Å². The molecule has 0 bridgehead atoms. The van der Waals surface area contributed by atoms with E-state index >= 15 is 0 Å². The number of hydrogen-bond acceptors (Lipinski definition) is 4. The van der Waals surface area contributed by atoms with Crippen LogP contribution in [0.15, 0.2) is 48.5 Å². The lowest BCUT2D eigenvalue weighted by Gasteiger charge is -2.31. The lowest BCUT2D eigenvalue weighted by molar-refractivity contribution is -0.137. The van der Waals surface area contributed by atoms with Crippen LogP contribution in [0.25, 0.3) is 0 Å². The van der Waals surface area contributed by atoms with Crippen LogP contribution >= 0.6 is 0 Å². The highest BCUT2D eigenvalue weighted by Crippen LogP contribution is 2.29. The van der Waals surface area contributed by atoms with Gasteiger partial charge in [0.25, 0.3) is 5.91 Å². The van der Waals surface area contributed by atoms with Crippen molar-refractivity contribution in [2.45, 2.75) is 38.0 Å². The fourth-order valence-electron chi connectivity index (χ4n) is 4.20. The van der Waals surface area contributed by atoms with Crippen LogP contribution in [-0.2, 0) is 15.7 Å². The highest BCUT2D eigenvalue weighted by atomic mass is 19.4. The van der Waals surface area contributed by atoms with Gasteiger partial charge in [-0.15, -0.1) is 0 Å². The van der Waals surface area contributed by atoms with Crippen molar-refractivity contribution in [3.63, 3.8) is 0 Å². The molecule has 2 amide bonds. The van der Waals surface area contributed by atoms with Gasteiger partial charge in [0.05, 0.1) is 11.7 Å². The zero-order chi connectivity index (χ0) is 24.1. The van der Waals surface area contributed by atoms with E-state index in [-0.39, 0.29) is 29.4 Å². The van der Waals surface area contributed by atoms with E-state index in [9.17, 15) is 22.8 Å². The van der Waals surface area contributed by atoms with E-state index in [1.165, 1.54) is 12.1 Å². The number of likely N-dealkylation sites (tertiary alicyclic amines) is 1. The van der Waals surface area contributed by atoms with Crippen molar-refractivity contribution < 1.29 is 32.2 Å². The Morgan fingerprint density at radius 3 is 2.44 bits per heavy atom. The van der Waals surface area contributed by atoms with Gasteiger partial charge >= 0.3 is 6.18 Å². The molecule has 0 radical (unpaired) electrons. The summed E-state index contributed by atoms with van der Waals surface area (Å²) in [6, 6.07) is 11.4. The van der Waals surface area contributed by atoms with E-state index < -0.39 is 11.7 Å². The summed E-state index contributed by atoms with van der Waals surface area (Å²) in [6.45, 7) is 1.96. The van der Waals surface area contributed by atoms with Gasteiger partial charge in [-0.3, -0.25) is 9.59 Å². The molecule has 0 spiro atoms. The number of carbonyl (C=O) groups excluding carboxylic acids is 2. The number of nitrogens with zero attached hydrogens (tertiary/aromatic N) is 1. The highest BCUT2D eigenvalue weighted by molar-refractivity contribution is 5.95. The van der Waals surface area contributed by atoms with Crippen molar-refractivity contribution in [2.24, 2.45) is 5.92 Å².